The van der Waals surface area contributed by atoms with E-state index in [1.165, 1.54) is 0 Å². The molecule has 0 spiro atoms. The molecule has 0 bridgehead atoms. The maximum absolute atomic E-state index is 12.0. The molecule has 2 fully saturated rings. The number of hydrogen-bond acceptors (Lipinski definition) is 3. The molecular weight excluding hydrogens is 306 g/mol. The summed E-state index contributed by atoms with van der Waals surface area (Å²) < 4.78 is 5.48. The van der Waals surface area contributed by atoms with Crippen LogP contribution in [-0.2, 0) is 16.1 Å². The number of carbonyl (C=O) groups is 2. The molecule has 24 heavy (non-hydrogen) atoms. The molecule has 3 amide bonds. The van der Waals surface area contributed by atoms with Crippen molar-refractivity contribution in [2.75, 3.05) is 24.6 Å². The zero-order valence-corrected chi connectivity index (χ0v) is 13.9. The van der Waals surface area contributed by atoms with Crippen LogP contribution in [-0.4, -0.2) is 37.7 Å². The van der Waals surface area contributed by atoms with Crippen LogP contribution in [0.3, 0.4) is 0 Å². The summed E-state index contributed by atoms with van der Waals surface area (Å²) in [7, 11) is 0. The van der Waals surface area contributed by atoms with Crippen molar-refractivity contribution in [3.63, 3.8) is 0 Å². The van der Waals surface area contributed by atoms with E-state index in [4.69, 9.17) is 4.74 Å². The molecule has 1 aromatic rings. The lowest BCUT2D eigenvalue weighted by atomic mass is 10.1. The molecular formula is C18H25N3O3. The molecule has 0 saturated carbocycles. The molecule has 2 N–H and O–H groups in total. The Kier molecular flexibility index (Phi) is 5.69. The number of ether oxygens (including phenoxy) is 1. The SMILES string of the molecule is O=C(NCc1cccc(N2CCCCC2=O)c1)NC[C@@H]1CCCO1. The van der Waals surface area contributed by atoms with Crippen molar-refractivity contribution in [2.45, 2.75) is 44.8 Å². The first-order valence-corrected chi connectivity index (χ1v) is 8.75. The van der Waals surface area contributed by atoms with Gasteiger partial charge < -0.3 is 20.3 Å². The molecule has 6 heteroatoms. The summed E-state index contributed by atoms with van der Waals surface area (Å²) in [5.74, 6) is 0.181. The van der Waals surface area contributed by atoms with Gasteiger partial charge in [0, 0.05) is 38.3 Å². The Bertz CT molecular complexity index is 585. The molecule has 2 aliphatic heterocycles. The van der Waals surface area contributed by atoms with Gasteiger partial charge in [0.2, 0.25) is 5.91 Å². The Hall–Kier alpha value is -2.08. The predicted molar refractivity (Wildman–Crippen MR) is 91.9 cm³/mol. The number of urea groups is 1. The largest absolute Gasteiger partial charge is 0.376 e. The van der Waals surface area contributed by atoms with Crippen LogP contribution < -0.4 is 15.5 Å². The lowest BCUT2D eigenvalue weighted by molar-refractivity contribution is -0.119. The van der Waals surface area contributed by atoms with Crippen molar-refractivity contribution in [1.29, 1.82) is 0 Å². The minimum Gasteiger partial charge on any atom is -0.376 e. The van der Waals surface area contributed by atoms with Gasteiger partial charge in [-0.2, -0.15) is 0 Å². The first-order chi connectivity index (χ1) is 11.7. The quantitative estimate of drug-likeness (QED) is 0.869. The molecule has 0 radical (unpaired) electrons. The van der Waals surface area contributed by atoms with Gasteiger partial charge in [0.1, 0.15) is 0 Å². The van der Waals surface area contributed by atoms with Crippen LogP contribution in [0.1, 0.15) is 37.7 Å². The minimum absolute atomic E-state index is 0.143. The van der Waals surface area contributed by atoms with Crippen LogP contribution in [0.2, 0.25) is 0 Å². The van der Waals surface area contributed by atoms with Crippen LogP contribution in [0, 0.1) is 0 Å². The maximum Gasteiger partial charge on any atom is 0.315 e. The molecule has 2 aliphatic rings. The smallest absolute Gasteiger partial charge is 0.315 e. The Morgan fingerprint density at radius 2 is 2.17 bits per heavy atom. The number of piperidine rings is 1. The monoisotopic (exact) mass is 331 g/mol. The molecule has 0 aliphatic carbocycles. The normalized spacial score (nSPS) is 20.9. The third-order valence-corrected chi connectivity index (χ3v) is 4.51. The lowest BCUT2D eigenvalue weighted by Crippen LogP contribution is -2.39. The van der Waals surface area contributed by atoms with Crippen LogP contribution in [0.15, 0.2) is 24.3 Å². The van der Waals surface area contributed by atoms with Crippen molar-refractivity contribution < 1.29 is 14.3 Å². The van der Waals surface area contributed by atoms with E-state index in [-0.39, 0.29) is 18.0 Å². The Balaban J connectivity index is 1.49. The number of carbonyl (C=O) groups excluding carboxylic acids is 2. The average molecular weight is 331 g/mol. The summed E-state index contributed by atoms with van der Waals surface area (Å²) in [6.07, 6.45) is 4.85. The fourth-order valence-electron chi connectivity index (χ4n) is 3.17. The highest BCUT2D eigenvalue weighted by Gasteiger charge is 2.19. The van der Waals surface area contributed by atoms with Gasteiger partial charge in [0.15, 0.2) is 0 Å². The fourth-order valence-corrected chi connectivity index (χ4v) is 3.17. The summed E-state index contributed by atoms with van der Waals surface area (Å²) in [5.41, 5.74) is 1.90. The highest BCUT2D eigenvalue weighted by atomic mass is 16.5. The molecule has 2 heterocycles. The van der Waals surface area contributed by atoms with E-state index in [2.05, 4.69) is 10.6 Å². The third-order valence-electron chi connectivity index (χ3n) is 4.51. The van der Waals surface area contributed by atoms with E-state index in [0.29, 0.717) is 19.5 Å². The highest BCUT2D eigenvalue weighted by molar-refractivity contribution is 5.94. The van der Waals surface area contributed by atoms with Gasteiger partial charge in [-0.05, 0) is 43.4 Å². The minimum atomic E-state index is -0.190. The van der Waals surface area contributed by atoms with Gasteiger partial charge in [0.05, 0.1) is 6.10 Å². The number of nitrogens with zero attached hydrogens (tertiary/aromatic N) is 1. The van der Waals surface area contributed by atoms with Crippen LogP contribution in [0.25, 0.3) is 0 Å². The summed E-state index contributed by atoms with van der Waals surface area (Å²) in [5, 5.41) is 5.70. The maximum atomic E-state index is 12.0. The van der Waals surface area contributed by atoms with E-state index >= 15 is 0 Å². The van der Waals surface area contributed by atoms with Crippen molar-refractivity contribution in [1.82, 2.24) is 10.6 Å². The Morgan fingerprint density at radius 1 is 1.25 bits per heavy atom. The fraction of sp³-hybridized carbons (Fsp3) is 0.556. The molecule has 0 unspecified atom stereocenters. The zero-order valence-electron chi connectivity index (χ0n) is 13.9. The van der Waals surface area contributed by atoms with Crippen molar-refractivity contribution in [3.05, 3.63) is 29.8 Å². The van der Waals surface area contributed by atoms with Crippen molar-refractivity contribution >= 4 is 17.6 Å². The van der Waals surface area contributed by atoms with Gasteiger partial charge >= 0.3 is 6.03 Å². The molecule has 1 aromatic carbocycles. The summed E-state index contributed by atoms with van der Waals surface area (Å²) in [4.78, 5) is 25.7. The first-order valence-electron chi connectivity index (χ1n) is 8.75. The molecule has 2 saturated heterocycles. The summed E-state index contributed by atoms with van der Waals surface area (Å²) >= 11 is 0. The number of rotatable bonds is 5. The number of amides is 3. The van der Waals surface area contributed by atoms with Gasteiger partial charge in [-0.3, -0.25) is 4.79 Å². The lowest BCUT2D eigenvalue weighted by Gasteiger charge is -2.27. The van der Waals surface area contributed by atoms with E-state index < -0.39 is 0 Å². The second kappa shape index (κ2) is 8.15. The van der Waals surface area contributed by atoms with Gasteiger partial charge in [0.25, 0.3) is 0 Å². The highest BCUT2D eigenvalue weighted by Crippen LogP contribution is 2.21. The third kappa shape index (κ3) is 4.47. The number of hydrogen-bond donors (Lipinski definition) is 2. The van der Waals surface area contributed by atoms with Crippen molar-refractivity contribution in [3.8, 4) is 0 Å². The number of benzene rings is 1. The molecule has 1 atom stereocenters. The summed E-state index contributed by atoms with van der Waals surface area (Å²) in [6.45, 7) is 2.55. The second-order valence-electron chi connectivity index (χ2n) is 6.37. The van der Waals surface area contributed by atoms with E-state index in [1.54, 1.807) is 0 Å². The van der Waals surface area contributed by atoms with Gasteiger partial charge in [-0.15, -0.1) is 0 Å². The van der Waals surface area contributed by atoms with Gasteiger partial charge in [-0.25, -0.2) is 4.79 Å². The summed E-state index contributed by atoms with van der Waals surface area (Å²) in [6, 6.07) is 7.62. The molecule has 130 valence electrons. The standard InChI is InChI=1S/C18H25N3O3/c22-17-8-1-2-9-21(17)15-6-3-5-14(11-15)12-19-18(23)20-13-16-7-4-10-24-16/h3,5-6,11,16H,1-2,4,7-10,12-13H2,(H2,19,20,23)/t16-/m0/s1. The Labute approximate surface area is 142 Å². The number of nitrogens with one attached hydrogen (secondary N) is 2. The van der Waals surface area contributed by atoms with Gasteiger partial charge in [-0.1, -0.05) is 12.1 Å². The predicted octanol–water partition coefficient (Wildman–Crippen LogP) is 2.18. The Morgan fingerprint density at radius 3 is 2.96 bits per heavy atom. The van der Waals surface area contributed by atoms with Crippen LogP contribution >= 0.6 is 0 Å². The average Bonchev–Trinajstić information content (AvgIpc) is 3.12. The molecule has 3 rings (SSSR count). The van der Waals surface area contributed by atoms with Crippen LogP contribution in [0.4, 0.5) is 10.5 Å². The number of anilines is 1. The molecule has 6 nitrogen and oxygen atoms in total. The van der Waals surface area contributed by atoms with Crippen LogP contribution in [0.5, 0.6) is 0 Å². The topological polar surface area (TPSA) is 70.7 Å². The first kappa shape index (κ1) is 16.8. The van der Waals surface area contributed by atoms with E-state index in [9.17, 15) is 9.59 Å². The zero-order chi connectivity index (χ0) is 16.8. The van der Waals surface area contributed by atoms with E-state index in [1.807, 2.05) is 29.2 Å². The van der Waals surface area contributed by atoms with E-state index in [0.717, 1.165) is 50.1 Å². The van der Waals surface area contributed by atoms with Crippen molar-refractivity contribution in [2.24, 2.45) is 0 Å². The molecule has 0 aromatic heterocycles. The second-order valence-corrected chi connectivity index (χ2v) is 6.37.